The number of halogens is 3. The van der Waals surface area contributed by atoms with Crippen LogP contribution in [0.5, 0.6) is 0 Å². The van der Waals surface area contributed by atoms with Crippen LogP contribution < -0.4 is 15.5 Å². The highest BCUT2D eigenvalue weighted by atomic mass is 79.9. The third-order valence-electron chi connectivity index (χ3n) is 6.42. The Kier molecular flexibility index (Phi) is 8.95. The topological polar surface area (TPSA) is 113 Å². The minimum Gasteiger partial charge on any atom is -0.338 e. The number of carbonyl (C=O) groups is 2. The zero-order valence-corrected chi connectivity index (χ0v) is 25.3. The molecule has 0 saturated heterocycles. The van der Waals surface area contributed by atoms with Gasteiger partial charge in [0.05, 0.1) is 17.6 Å². The average Bonchev–Trinajstić information content (AvgIpc) is 3.39. The third kappa shape index (κ3) is 6.26. The summed E-state index contributed by atoms with van der Waals surface area (Å²) in [6.07, 6.45) is 2.31. The molecule has 1 atom stereocenters. The van der Waals surface area contributed by atoms with Gasteiger partial charge in [0, 0.05) is 34.0 Å². The number of nitrogens with zero attached hydrogens (tertiary/aromatic N) is 3. The van der Waals surface area contributed by atoms with E-state index in [-0.39, 0.29) is 35.1 Å². The molecule has 13 heteroatoms. The first-order valence-electron chi connectivity index (χ1n) is 12.3. The summed E-state index contributed by atoms with van der Waals surface area (Å²) in [4.78, 5) is 31.4. The van der Waals surface area contributed by atoms with Gasteiger partial charge in [0.2, 0.25) is 5.95 Å². The van der Waals surface area contributed by atoms with Crippen molar-refractivity contribution in [2.24, 2.45) is 0 Å². The number of imidazole rings is 1. The van der Waals surface area contributed by atoms with Gasteiger partial charge in [-0.3, -0.25) is 9.36 Å². The molecule has 2 aromatic carbocycles. The molecule has 2 N–H and O–H groups in total. The minimum atomic E-state index is -3.83. The highest BCUT2D eigenvalue weighted by Crippen LogP contribution is 2.44. The molecule has 0 spiro atoms. The Morgan fingerprint density at radius 3 is 2.38 bits per heavy atom. The van der Waals surface area contributed by atoms with Gasteiger partial charge in [-0.25, -0.2) is 23.1 Å². The van der Waals surface area contributed by atoms with E-state index in [1.807, 2.05) is 31.2 Å². The predicted molar refractivity (Wildman–Crippen MR) is 156 cm³/mol. The van der Waals surface area contributed by atoms with Crippen molar-refractivity contribution in [2.45, 2.75) is 43.7 Å². The number of hydrogen-bond acceptors (Lipinski definition) is 5. The van der Waals surface area contributed by atoms with E-state index in [0.29, 0.717) is 41.7 Å². The number of benzene rings is 2. The second kappa shape index (κ2) is 11.9. The minimum absolute atomic E-state index is 0.0437. The maximum absolute atomic E-state index is 14.1. The standard InChI is InChI=1S/C26H28BrCl2N5O4S/c1-3-30-24(36)31-10-4-5-11-39(37,38)22-16-32-25-33(21-13-19(28)12-20(29)14-21)23(35)26(2,34(22)25)15-17-6-8-18(27)9-7-17/h6-9,12-14,16H,3-5,10-11,15H2,1-2H3,(H2,30,31,36). The Morgan fingerprint density at radius 1 is 1.08 bits per heavy atom. The molecule has 0 fully saturated rings. The Labute approximate surface area is 245 Å². The first kappa shape index (κ1) is 29.4. The molecule has 9 nitrogen and oxygen atoms in total. The van der Waals surface area contributed by atoms with Crippen LogP contribution >= 0.6 is 39.1 Å². The summed E-state index contributed by atoms with van der Waals surface area (Å²) in [6, 6.07) is 11.9. The van der Waals surface area contributed by atoms with Crippen LogP contribution in [0, 0.1) is 0 Å². The molecule has 1 aliphatic rings. The van der Waals surface area contributed by atoms with E-state index < -0.39 is 15.4 Å². The van der Waals surface area contributed by atoms with Crippen molar-refractivity contribution in [1.29, 1.82) is 0 Å². The highest BCUT2D eigenvalue weighted by Gasteiger charge is 2.51. The fourth-order valence-electron chi connectivity index (χ4n) is 4.60. The molecule has 39 heavy (non-hydrogen) atoms. The molecule has 0 aliphatic carbocycles. The molecular formula is C26H28BrCl2N5O4S. The SMILES string of the molecule is CCNC(=O)NCCCCS(=O)(=O)c1cnc2n1C(C)(Cc1ccc(Br)cc1)C(=O)N2c1cc(Cl)cc(Cl)c1. The molecular weight excluding hydrogens is 629 g/mol. The second-order valence-electron chi connectivity index (χ2n) is 9.39. The molecule has 208 valence electrons. The lowest BCUT2D eigenvalue weighted by Crippen LogP contribution is -2.42. The van der Waals surface area contributed by atoms with Crippen LogP contribution in [0.4, 0.5) is 16.4 Å². The van der Waals surface area contributed by atoms with Crippen molar-refractivity contribution >= 4 is 72.5 Å². The average molecular weight is 657 g/mol. The monoisotopic (exact) mass is 655 g/mol. The molecule has 1 unspecified atom stereocenters. The first-order chi connectivity index (χ1) is 18.5. The van der Waals surface area contributed by atoms with Gasteiger partial charge < -0.3 is 10.6 Å². The quantitative estimate of drug-likeness (QED) is 0.281. The van der Waals surface area contributed by atoms with Crippen molar-refractivity contribution in [3.63, 3.8) is 0 Å². The van der Waals surface area contributed by atoms with Crippen molar-refractivity contribution in [1.82, 2.24) is 20.2 Å². The molecule has 3 amide bonds. The normalized spacial score (nSPS) is 16.8. The molecule has 1 aromatic heterocycles. The van der Waals surface area contributed by atoms with Gasteiger partial charge in [-0.1, -0.05) is 51.3 Å². The van der Waals surface area contributed by atoms with E-state index in [1.165, 1.54) is 15.7 Å². The van der Waals surface area contributed by atoms with Gasteiger partial charge >= 0.3 is 6.03 Å². The van der Waals surface area contributed by atoms with Crippen molar-refractivity contribution in [3.05, 3.63) is 68.7 Å². The number of rotatable bonds is 10. The summed E-state index contributed by atoms with van der Waals surface area (Å²) in [5.41, 5.74) is -0.0554. The van der Waals surface area contributed by atoms with E-state index in [0.717, 1.165) is 10.0 Å². The van der Waals surface area contributed by atoms with Crippen LogP contribution in [0.25, 0.3) is 0 Å². The van der Waals surface area contributed by atoms with Crippen LogP contribution in [0.2, 0.25) is 10.0 Å². The fraction of sp³-hybridized carbons (Fsp3) is 0.346. The lowest BCUT2D eigenvalue weighted by atomic mass is 9.92. The predicted octanol–water partition coefficient (Wildman–Crippen LogP) is 5.46. The van der Waals surface area contributed by atoms with E-state index in [2.05, 4.69) is 31.5 Å². The van der Waals surface area contributed by atoms with Gasteiger partial charge in [-0.05, 0) is 62.6 Å². The number of sulfone groups is 1. The van der Waals surface area contributed by atoms with Crippen molar-refractivity contribution < 1.29 is 18.0 Å². The summed E-state index contributed by atoms with van der Waals surface area (Å²) in [7, 11) is -3.83. The van der Waals surface area contributed by atoms with Crippen LogP contribution in [0.1, 0.15) is 32.3 Å². The smallest absolute Gasteiger partial charge is 0.314 e. The molecule has 0 saturated carbocycles. The number of anilines is 2. The second-order valence-corrected chi connectivity index (χ2v) is 13.2. The lowest BCUT2D eigenvalue weighted by molar-refractivity contribution is -0.124. The molecule has 2 heterocycles. The number of aromatic nitrogens is 2. The van der Waals surface area contributed by atoms with Crippen LogP contribution in [0.3, 0.4) is 0 Å². The summed E-state index contributed by atoms with van der Waals surface area (Å²) >= 11 is 15.9. The van der Waals surface area contributed by atoms with Gasteiger partial charge in [0.25, 0.3) is 5.91 Å². The van der Waals surface area contributed by atoms with Crippen LogP contribution in [-0.4, -0.2) is 48.7 Å². The number of amides is 3. The third-order valence-corrected chi connectivity index (χ3v) is 9.13. The Morgan fingerprint density at radius 2 is 1.74 bits per heavy atom. The van der Waals surface area contributed by atoms with Gasteiger partial charge in [-0.15, -0.1) is 0 Å². The van der Waals surface area contributed by atoms with Crippen LogP contribution in [0.15, 0.2) is 58.2 Å². The fourth-order valence-corrected chi connectivity index (χ4v) is 6.94. The zero-order valence-electron chi connectivity index (χ0n) is 21.4. The van der Waals surface area contributed by atoms with Gasteiger partial charge in [0.15, 0.2) is 14.9 Å². The maximum atomic E-state index is 14.1. The lowest BCUT2D eigenvalue weighted by Gasteiger charge is -2.26. The number of fused-ring (bicyclic) bond motifs is 1. The zero-order chi connectivity index (χ0) is 28.4. The Bertz CT molecular complexity index is 1480. The number of unbranched alkanes of at least 4 members (excludes halogenated alkanes) is 1. The summed E-state index contributed by atoms with van der Waals surface area (Å²) in [5.74, 6) is -0.343. The van der Waals surface area contributed by atoms with E-state index in [4.69, 9.17) is 23.2 Å². The van der Waals surface area contributed by atoms with Crippen LogP contribution in [-0.2, 0) is 26.6 Å². The Balaban J connectivity index is 1.69. The molecule has 0 bridgehead atoms. The van der Waals surface area contributed by atoms with Gasteiger partial charge in [-0.2, -0.15) is 0 Å². The largest absolute Gasteiger partial charge is 0.338 e. The Hall–Kier alpha value is -2.60. The maximum Gasteiger partial charge on any atom is 0.314 e. The van der Waals surface area contributed by atoms with Gasteiger partial charge in [0.1, 0.15) is 5.54 Å². The molecule has 3 aromatic rings. The number of urea groups is 1. The van der Waals surface area contributed by atoms with E-state index in [9.17, 15) is 18.0 Å². The van der Waals surface area contributed by atoms with E-state index in [1.54, 1.807) is 25.1 Å². The van der Waals surface area contributed by atoms with Crippen molar-refractivity contribution in [2.75, 3.05) is 23.7 Å². The first-order valence-corrected chi connectivity index (χ1v) is 15.5. The summed E-state index contributed by atoms with van der Waals surface area (Å²) in [6.45, 7) is 4.37. The summed E-state index contributed by atoms with van der Waals surface area (Å²) < 4.78 is 29.5. The molecule has 0 radical (unpaired) electrons. The molecule has 1 aliphatic heterocycles. The highest BCUT2D eigenvalue weighted by molar-refractivity contribution is 9.10. The molecule has 4 rings (SSSR count). The number of carbonyl (C=O) groups excluding carboxylic acids is 2. The van der Waals surface area contributed by atoms with Crippen molar-refractivity contribution in [3.8, 4) is 0 Å². The number of hydrogen-bond donors (Lipinski definition) is 2. The summed E-state index contributed by atoms with van der Waals surface area (Å²) in [5, 5.41) is 5.94. The number of nitrogens with one attached hydrogen (secondary N) is 2. The van der Waals surface area contributed by atoms with E-state index >= 15 is 0 Å².